The summed E-state index contributed by atoms with van der Waals surface area (Å²) in [6.45, 7) is 10.2. The minimum absolute atomic E-state index is 0.360. The van der Waals surface area contributed by atoms with Crippen molar-refractivity contribution in [3.05, 3.63) is 0 Å². The number of hydrogen-bond acceptors (Lipinski definition) is 2. The van der Waals surface area contributed by atoms with Crippen LogP contribution in [0.5, 0.6) is 0 Å². The maximum Gasteiger partial charge on any atom is 0.162 e. The van der Waals surface area contributed by atoms with E-state index in [4.69, 9.17) is 9.47 Å². The zero-order chi connectivity index (χ0) is 10.6. The molecule has 0 saturated carbocycles. The normalized spacial score (nSPS) is 24.9. The van der Waals surface area contributed by atoms with Crippen molar-refractivity contribution in [1.29, 1.82) is 0 Å². The SMILES string of the molecule is CCCCC(C)C1COC(C)(C)OC1. The lowest BCUT2D eigenvalue weighted by molar-refractivity contribution is -0.267. The summed E-state index contributed by atoms with van der Waals surface area (Å²) in [5, 5.41) is 0. The third-order valence-electron chi connectivity index (χ3n) is 3.11. The third kappa shape index (κ3) is 3.58. The van der Waals surface area contributed by atoms with Gasteiger partial charge in [0, 0.05) is 5.92 Å². The van der Waals surface area contributed by atoms with Gasteiger partial charge in [-0.2, -0.15) is 0 Å². The number of ether oxygens (including phenoxy) is 2. The first-order valence-electron chi connectivity index (χ1n) is 5.83. The molecule has 1 heterocycles. The van der Waals surface area contributed by atoms with Crippen molar-refractivity contribution in [2.75, 3.05) is 13.2 Å². The van der Waals surface area contributed by atoms with Gasteiger partial charge in [-0.1, -0.05) is 33.1 Å². The smallest absolute Gasteiger partial charge is 0.162 e. The number of unbranched alkanes of at least 4 members (excludes halogenated alkanes) is 1. The molecule has 2 nitrogen and oxygen atoms in total. The average Bonchev–Trinajstić information content (AvgIpc) is 2.14. The topological polar surface area (TPSA) is 18.5 Å². The predicted molar refractivity (Wildman–Crippen MR) is 58.2 cm³/mol. The summed E-state index contributed by atoms with van der Waals surface area (Å²) >= 11 is 0. The second kappa shape index (κ2) is 5.13. The molecule has 1 atom stereocenters. The summed E-state index contributed by atoms with van der Waals surface area (Å²) in [7, 11) is 0. The Balaban J connectivity index is 2.27. The molecule has 1 unspecified atom stereocenters. The van der Waals surface area contributed by atoms with Crippen molar-refractivity contribution < 1.29 is 9.47 Å². The maximum absolute atomic E-state index is 5.66. The molecule has 0 radical (unpaired) electrons. The Morgan fingerprint density at radius 3 is 2.36 bits per heavy atom. The highest BCUT2D eigenvalue weighted by molar-refractivity contribution is 4.72. The van der Waals surface area contributed by atoms with Crippen LogP contribution in [-0.2, 0) is 9.47 Å². The largest absolute Gasteiger partial charge is 0.350 e. The van der Waals surface area contributed by atoms with E-state index in [0.717, 1.165) is 19.1 Å². The minimum atomic E-state index is -0.360. The summed E-state index contributed by atoms with van der Waals surface area (Å²) in [6, 6.07) is 0. The third-order valence-corrected chi connectivity index (χ3v) is 3.11. The highest BCUT2D eigenvalue weighted by Crippen LogP contribution is 2.27. The van der Waals surface area contributed by atoms with E-state index in [1.165, 1.54) is 19.3 Å². The molecule has 1 aliphatic rings. The van der Waals surface area contributed by atoms with Crippen LogP contribution in [0.2, 0.25) is 0 Å². The van der Waals surface area contributed by atoms with Crippen molar-refractivity contribution in [2.24, 2.45) is 11.8 Å². The predicted octanol–water partition coefficient (Wildman–Crippen LogP) is 3.21. The van der Waals surface area contributed by atoms with E-state index in [2.05, 4.69) is 13.8 Å². The standard InChI is InChI=1S/C12H24O2/c1-5-6-7-10(2)11-8-13-12(3,4)14-9-11/h10-11H,5-9H2,1-4H3. The summed E-state index contributed by atoms with van der Waals surface area (Å²) in [5.41, 5.74) is 0. The van der Waals surface area contributed by atoms with Crippen molar-refractivity contribution >= 4 is 0 Å². The second-order valence-electron chi connectivity index (χ2n) is 4.90. The molecule has 1 saturated heterocycles. The fourth-order valence-electron chi connectivity index (χ4n) is 1.80. The zero-order valence-electron chi connectivity index (χ0n) is 10.0. The monoisotopic (exact) mass is 200 g/mol. The van der Waals surface area contributed by atoms with Gasteiger partial charge in [-0.05, 0) is 19.8 Å². The summed E-state index contributed by atoms with van der Waals surface area (Å²) in [4.78, 5) is 0. The Labute approximate surface area is 88.0 Å². The highest BCUT2D eigenvalue weighted by atomic mass is 16.7. The van der Waals surface area contributed by atoms with Gasteiger partial charge in [0.1, 0.15) is 0 Å². The van der Waals surface area contributed by atoms with Crippen LogP contribution in [-0.4, -0.2) is 19.0 Å². The Morgan fingerprint density at radius 1 is 1.29 bits per heavy atom. The summed E-state index contributed by atoms with van der Waals surface area (Å²) < 4.78 is 11.3. The summed E-state index contributed by atoms with van der Waals surface area (Å²) in [6.07, 6.45) is 3.90. The van der Waals surface area contributed by atoms with Crippen molar-refractivity contribution in [1.82, 2.24) is 0 Å². The van der Waals surface area contributed by atoms with Gasteiger partial charge < -0.3 is 9.47 Å². The lowest BCUT2D eigenvalue weighted by atomic mass is 9.90. The molecule has 1 aliphatic heterocycles. The van der Waals surface area contributed by atoms with Crippen LogP contribution in [0.1, 0.15) is 47.0 Å². The molecule has 1 rings (SSSR count). The van der Waals surface area contributed by atoms with Crippen molar-refractivity contribution in [3.63, 3.8) is 0 Å². The Morgan fingerprint density at radius 2 is 1.86 bits per heavy atom. The average molecular weight is 200 g/mol. The Hall–Kier alpha value is -0.0800. The maximum atomic E-state index is 5.66. The van der Waals surface area contributed by atoms with E-state index in [-0.39, 0.29) is 5.79 Å². The van der Waals surface area contributed by atoms with Gasteiger partial charge in [-0.15, -0.1) is 0 Å². The molecule has 0 amide bonds. The van der Waals surface area contributed by atoms with Gasteiger partial charge in [-0.3, -0.25) is 0 Å². The van der Waals surface area contributed by atoms with Crippen LogP contribution >= 0.6 is 0 Å². The van der Waals surface area contributed by atoms with Crippen LogP contribution < -0.4 is 0 Å². The van der Waals surface area contributed by atoms with Crippen LogP contribution in [0, 0.1) is 11.8 Å². The van der Waals surface area contributed by atoms with Crippen LogP contribution in [0.25, 0.3) is 0 Å². The molecule has 0 N–H and O–H groups in total. The molecule has 0 spiro atoms. The number of rotatable bonds is 4. The fourth-order valence-corrected chi connectivity index (χ4v) is 1.80. The molecular weight excluding hydrogens is 176 g/mol. The van der Waals surface area contributed by atoms with Crippen molar-refractivity contribution in [2.45, 2.75) is 52.7 Å². The fraction of sp³-hybridized carbons (Fsp3) is 1.00. The molecule has 84 valence electrons. The van der Waals surface area contributed by atoms with E-state index < -0.39 is 0 Å². The van der Waals surface area contributed by atoms with E-state index in [1.807, 2.05) is 13.8 Å². The van der Waals surface area contributed by atoms with Gasteiger partial charge in [0.25, 0.3) is 0 Å². The van der Waals surface area contributed by atoms with Crippen LogP contribution in [0.4, 0.5) is 0 Å². The first-order valence-corrected chi connectivity index (χ1v) is 5.83. The molecule has 0 aliphatic carbocycles. The van der Waals surface area contributed by atoms with Crippen molar-refractivity contribution in [3.8, 4) is 0 Å². The first-order chi connectivity index (χ1) is 6.55. The van der Waals surface area contributed by atoms with Gasteiger partial charge in [-0.25, -0.2) is 0 Å². The van der Waals surface area contributed by atoms with Gasteiger partial charge >= 0.3 is 0 Å². The molecule has 0 aromatic rings. The van der Waals surface area contributed by atoms with Gasteiger partial charge in [0.2, 0.25) is 0 Å². The van der Waals surface area contributed by atoms with E-state index in [1.54, 1.807) is 0 Å². The van der Waals surface area contributed by atoms with Crippen LogP contribution in [0.3, 0.4) is 0 Å². The zero-order valence-corrected chi connectivity index (χ0v) is 10.0. The lowest BCUT2D eigenvalue weighted by Crippen LogP contribution is -2.41. The minimum Gasteiger partial charge on any atom is -0.350 e. The highest BCUT2D eigenvalue weighted by Gasteiger charge is 2.30. The molecule has 0 aromatic carbocycles. The van der Waals surface area contributed by atoms with E-state index in [9.17, 15) is 0 Å². The van der Waals surface area contributed by atoms with Gasteiger partial charge in [0.05, 0.1) is 13.2 Å². The van der Waals surface area contributed by atoms with E-state index in [0.29, 0.717) is 5.92 Å². The molecule has 0 aromatic heterocycles. The lowest BCUT2D eigenvalue weighted by Gasteiger charge is -2.37. The molecule has 1 fully saturated rings. The second-order valence-corrected chi connectivity index (χ2v) is 4.90. The molecule has 0 bridgehead atoms. The summed E-state index contributed by atoms with van der Waals surface area (Å²) in [5.74, 6) is 0.960. The first kappa shape index (κ1) is 12.0. The molecule has 2 heteroatoms. The van der Waals surface area contributed by atoms with Gasteiger partial charge in [0.15, 0.2) is 5.79 Å². The molecule has 14 heavy (non-hydrogen) atoms. The van der Waals surface area contributed by atoms with E-state index >= 15 is 0 Å². The number of hydrogen-bond donors (Lipinski definition) is 0. The Kier molecular flexibility index (Phi) is 4.39. The van der Waals surface area contributed by atoms with Crippen LogP contribution in [0.15, 0.2) is 0 Å². The Bertz CT molecular complexity index is 156. The quantitative estimate of drug-likeness (QED) is 0.693. The molecular formula is C12H24O2.